The minimum absolute atomic E-state index is 1.22. The van der Waals surface area contributed by atoms with Crippen molar-refractivity contribution < 1.29 is 0 Å². The van der Waals surface area contributed by atoms with Crippen LogP contribution in [0.4, 0.5) is 0 Å². The van der Waals surface area contributed by atoms with E-state index in [1.54, 1.807) is 0 Å². The maximum absolute atomic E-state index is 2.48. The maximum atomic E-state index is 2.48. The fraction of sp³-hybridized carbons (Fsp3) is 0. The monoisotopic (exact) mass is 844 g/mol. The number of rotatable bonds is 4. The van der Waals surface area contributed by atoms with Gasteiger partial charge in [0.1, 0.15) is 0 Å². The second-order valence-electron chi connectivity index (χ2n) is 17.0. The van der Waals surface area contributed by atoms with E-state index in [0.29, 0.717) is 0 Å². The van der Waals surface area contributed by atoms with E-state index in [-0.39, 0.29) is 0 Å². The quantitative estimate of drug-likeness (QED) is 0.155. The van der Waals surface area contributed by atoms with Crippen LogP contribution < -0.4 is 0 Å². The topological polar surface area (TPSA) is 0 Å². The lowest BCUT2D eigenvalue weighted by Gasteiger charge is -2.20. The molecule has 0 saturated heterocycles. The standard InChI is InChI=1S/C62H36S2/c1-2-19-40-37(15-1)16-14-29-41(40)38-17-13-18-39(35-38)58-47-24-7-9-26-49(47)59(50-27-10-8-25-48(50)58)51-32-31-45(42-20-3-4-21-43(42)51)54-36-57-60(46-23-6-5-22-44(46)54)53-33-34-56-61(62(53)64-57)52-28-11-12-30-55(52)63-56/h1-36H. The Balaban J connectivity index is 0.997. The minimum atomic E-state index is 1.22. The van der Waals surface area contributed by atoms with Crippen LogP contribution in [-0.2, 0) is 0 Å². The zero-order chi connectivity index (χ0) is 41.9. The van der Waals surface area contributed by atoms with Crippen molar-refractivity contribution in [3.8, 4) is 44.5 Å². The molecule has 0 nitrogen and oxygen atoms in total. The van der Waals surface area contributed by atoms with E-state index < -0.39 is 0 Å². The fourth-order valence-corrected chi connectivity index (χ4v) is 13.4. The van der Waals surface area contributed by atoms with Crippen LogP contribution in [0.1, 0.15) is 0 Å². The number of hydrogen-bond acceptors (Lipinski definition) is 2. The molecule has 14 rings (SSSR count). The van der Waals surface area contributed by atoms with E-state index in [1.165, 1.54) is 139 Å². The average Bonchev–Trinajstić information content (AvgIpc) is 3.94. The molecule has 14 aromatic rings. The number of fused-ring (bicyclic) bond motifs is 13. The van der Waals surface area contributed by atoms with Crippen molar-refractivity contribution in [3.63, 3.8) is 0 Å². The van der Waals surface area contributed by atoms with Gasteiger partial charge in [-0.05, 0) is 123 Å². The molecule has 64 heavy (non-hydrogen) atoms. The Kier molecular flexibility index (Phi) is 7.83. The molecule has 0 aliphatic heterocycles. The van der Waals surface area contributed by atoms with Gasteiger partial charge < -0.3 is 0 Å². The Morgan fingerprint density at radius 2 is 0.781 bits per heavy atom. The lowest BCUT2D eigenvalue weighted by atomic mass is 9.83. The molecule has 0 amide bonds. The van der Waals surface area contributed by atoms with Crippen LogP contribution in [0.2, 0.25) is 0 Å². The Bertz CT molecular complexity index is 4200. The van der Waals surface area contributed by atoms with Crippen molar-refractivity contribution in [3.05, 3.63) is 218 Å². The van der Waals surface area contributed by atoms with Gasteiger partial charge in [-0.15, -0.1) is 22.7 Å². The van der Waals surface area contributed by atoms with Gasteiger partial charge in [-0.3, -0.25) is 0 Å². The third-order valence-corrected chi connectivity index (χ3v) is 16.0. The van der Waals surface area contributed by atoms with E-state index >= 15 is 0 Å². The van der Waals surface area contributed by atoms with Gasteiger partial charge in [0, 0.05) is 40.3 Å². The summed E-state index contributed by atoms with van der Waals surface area (Å²) >= 11 is 3.85. The largest absolute Gasteiger partial charge is 0.135 e. The summed E-state index contributed by atoms with van der Waals surface area (Å²) in [4.78, 5) is 0. The number of hydrogen-bond donors (Lipinski definition) is 0. The van der Waals surface area contributed by atoms with Crippen molar-refractivity contribution in [1.29, 1.82) is 0 Å². The Morgan fingerprint density at radius 1 is 0.234 bits per heavy atom. The second kappa shape index (κ2) is 13.9. The molecule has 2 heterocycles. The molecule has 0 atom stereocenters. The third-order valence-electron chi connectivity index (χ3n) is 13.7. The predicted molar refractivity (Wildman–Crippen MR) is 281 cm³/mol. The molecule has 296 valence electrons. The van der Waals surface area contributed by atoms with E-state index in [4.69, 9.17) is 0 Å². The van der Waals surface area contributed by atoms with Gasteiger partial charge in [0.05, 0.1) is 0 Å². The first-order chi connectivity index (χ1) is 31.8. The van der Waals surface area contributed by atoms with Crippen molar-refractivity contribution in [1.82, 2.24) is 0 Å². The maximum Gasteiger partial charge on any atom is 0.0448 e. The summed E-state index contributed by atoms with van der Waals surface area (Å²) in [7, 11) is 0. The van der Waals surface area contributed by atoms with Crippen LogP contribution >= 0.6 is 22.7 Å². The van der Waals surface area contributed by atoms with Gasteiger partial charge in [-0.2, -0.15) is 0 Å². The van der Waals surface area contributed by atoms with Crippen LogP contribution in [0, 0.1) is 0 Å². The lowest BCUT2D eigenvalue weighted by molar-refractivity contribution is 1.63. The molecule has 0 spiro atoms. The van der Waals surface area contributed by atoms with Gasteiger partial charge >= 0.3 is 0 Å². The Labute approximate surface area is 377 Å². The summed E-state index contributed by atoms with van der Waals surface area (Å²) in [6.07, 6.45) is 0. The second-order valence-corrected chi connectivity index (χ2v) is 19.1. The Hall–Kier alpha value is -7.62. The van der Waals surface area contributed by atoms with Crippen molar-refractivity contribution in [2.75, 3.05) is 0 Å². The highest BCUT2D eigenvalue weighted by atomic mass is 32.1. The van der Waals surface area contributed by atoms with Gasteiger partial charge in [0.15, 0.2) is 0 Å². The Morgan fingerprint density at radius 3 is 1.53 bits per heavy atom. The normalized spacial score (nSPS) is 12.1. The van der Waals surface area contributed by atoms with Gasteiger partial charge in [-0.25, -0.2) is 0 Å². The molecule has 2 aromatic heterocycles. The summed E-state index contributed by atoms with van der Waals surface area (Å²) in [6.45, 7) is 0. The summed E-state index contributed by atoms with van der Waals surface area (Å²) in [5, 5.41) is 18.1. The molecule has 0 N–H and O–H groups in total. The molecule has 0 bridgehead atoms. The minimum Gasteiger partial charge on any atom is -0.135 e. The van der Waals surface area contributed by atoms with Gasteiger partial charge in [0.25, 0.3) is 0 Å². The fourth-order valence-electron chi connectivity index (χ4n) is 10.9. The molecule has 0 fully saturated rings. The first-order valence-corrected chi connectivity index (χ1v) is 23.6. The summed E-state index contributed by atoms with van der Waals surface area (Å²) in [5.74, 6) is 0. The molecule has 0 saturated carbocycles. The number of benzene rings is 12. The molecule has 0 radical (unpaired) electrons. The highest BCUT2D eigenvalue weighted by molar-refractivity contribution is 7.30. The first kappa shape index (κ1) is 35.9. The summed E-state index contributed by atoms with van der Waals surface area (Å²) in [6, 6.07) is 81.6. The van der Waals surface area contributed by atoms with Crippen molar-refractivity contribution in [2.45, 2.75) is 0 Å². The summed E-state index contributed by atoms with van der Waals surface area (Å²) in [5.41, 5.74) is 10.0. The van der Waals surface area contributed by atoms with E-state index in [2.05, 4.69) is 218 Å². The number of thiophene rings is 2. The SMILES string of the molecule is c1cc(-c2cccc3ccccc23)cc(-c2c3ccccc3c(-c3ccc(-c4cc5sc6c(ccc7sc8ccccc8c76)c5c5ccccc45)c4ccccc34)c3ccccc23)c1. The zero-order valence-electron chi connectivity index (χ0n) is 34.6. The molecule has 2 heteroatoms. The summed E-state index contributed by atoms with van der Waals surface area (Å²) < 4.78 is 5.42. The zero-order valence-corrected chi connectivity index (χ0v) is 36.2. The molecule has 0 unspecified atom stereocenters. The van der Waals surface area contributed by atoms with Gasteiger partial charge in [-0.1, -0.05) is 194 Å². The lowest BCUT2D eigenvalue weighted by Crippen LogP contribution is -1.93. The molecular weight excluding hydrogens is 809 g/mol. The van der Waals surface area contributed by atoms with Crippen LogP contribution in [-0.4, -0.2) is 0 Å². The van der Waals surface area contributed by atoms with E-state index in [0.717, 1.165) is 0 Å². The van der Waals surface area contributed by atoms with Crippen molar-refractivity contribution >= 4 is 117 Å². The highest BCUT2D eigenvalue weighted by Crippen LogP contribution is 2.51. The smallest absolute Gasteiger partial charge is 0.0448 e. The van der Waals surface area contributed by atoms with Crippen LogP contribution in [0.25, 0.3) is 139 Å². The molecule has 0 aliphatic rings. The highest BCUT2D eigenvalue weighted by Gasteiger charge is 2.22. The molecule has 0 aliphatic carbocycles. The van der Waals surface area contributed by atoms with Crippen molar-refractivity contribution in [2.24, 2.45) is 0 Å². The average molecular weight is 845 g/mol. The molecular formula is C62H36S2. The van der Waals surface area contributed by atoms with Crippen LogP contribution in [0.15, 0.2) is 218 Å². The van der Waals surface area contributed by atoms with Crippen LogP contribution in [0.3, 0.4) is 0 Å². The predicted octanol–water partition coefficient (Wildman–Crippen LogP) is 18.9. The van der Waals surface area contributed by atoms with Crippen LogP contribution in [0.5, 0.6) is 0 Å². The first-order valence-electron chi connectivity index (χ1n) is 22.0. The van der Waals surface area contributed by atoms with E-state index in [9.17, 15) is 0 Å². The van der Waals surface area contributed by atoms with Gasteiger partial charge in [0.2, 0.25) is 0 Å². The third kappa shape index (κ3) is 5.21. The van der Waals surface area contributed by atoms with E-state index in [1.807, 2.05) is 22.7 Å². The molecule has 12 aromatic carbocycles.